The van der Waals surface area contributed by atoms with Crippen LogP contribution in [-0.2, 0) is 14.2 Å². The fourth-order valence-electron chi connectivity index (χ4n) is 2.21. The summed E-state index contributed by atoms with van der Waals surface area (Å²) in [6.07, 6.45) is 7.44. The molecule has 3 aliphatic rings. The Balaban J connectivity index is 1.38. The lowest BCUT2D eigenvalue weighted by Crippen LogP contribution is -2.28. The lowest BCUT2D eigenvalue weighted by Gasteiger charge is -2.20. The average molecular weight is 212 g/mol. The predicted molar refractivity (Wildman–Crippen MR) is 55.8 cm³/mol. The maximum Gasteiger partial charge on any atom is 0.104 e. The molecule has 86 valence electrons. The molecule has 3 rings (SSSR count). The van der Waals surface area contributed by atoms with Crippen LogP contribution < -0.4 is 0 Å². The lowest BCUT2D eigenvalue weighted by atomic mass is 10.2. The highest BCUT2D eigenvalue weighted by Gasteiger charge is 2.33. The molecule has 2 aliphatic carbocycles. The summed E-state index contributed by atoms with van der Waals surface area (Å²) in [5.41, 5.74) is 0. The van der Waals surface area contributed by atoms with Gasteiger partial charge in [-0.2, -0.15) is 0 Å². The quantitative estimate of drug-likeness (QED) is 0.628. The van der Waals surface area contributed by atoms with Gasteiger partial charge in [-0.1, -0.05) is 0 Å². The minimum absolute atomic E-state index is 0.341. The van der Waals surface area contributed by atoms with Gasteiger partial charge in [0.25, 0.3) is 0 Å². The maximum absolute atomic E-state index is 5.93. The second-order valence-corrected chi connectivity index (χ2v) is 5.07. The first-order chi connectivity index (χ1) is 7.42. The van der Waals surface area contributed by atoms with Gasteiger partial charge < -0.3 is 14.2 Å². The van der Waals surface area contributed by atoms with E-state index in [-0.39, 0.29) is 0 Å². The molecule has 3 atom stereocenters. The van der Waals surface area contributed by atoms with Crippen LogP contribution in [0.3, 0.4) is 0 Å². The molecule has 1 aliphatic heterocycles. The normalized spacial score (nSPS) is 39.6. The fraction of sp³-hybridized carbons (Fsp3) is 1.00. The average Bonchev–Trinajstić information content (AvgIpc) is 3.14. The van der Waals surface area contributed by atoms with Gasteiger partial charge in [0.05, 0.1) is 25.4 Å². The number of hydrogen-bond donors (Lipinski definition) is 0. The number of hydrogen-bond acceptors (Lipinski definition) is 3. The van der Waals surface area contributed by atoms with E-state index in [1.807, 2.05) is 0 Å². The molecule has 1 heterocycles. The predicted octanol–water partition coefficient (Wildman–Crippen LogP) is 1.75. The van der Waals surface area contributed by atoms with Gasteiger partial charge in [-0.25, -0.2) is 0 Å². The van der Waals surface area contributed by atoms with E-state index in [2.05, 4.69) is 0 Å². The Labute approximate surface area is 91.1 Å². The molecule has 3 fully saturated rings. The number of ether oxygens (including phenoxy) is 3. The van der Waals surface area contributed by atoms with Crippen molar-refractivity contribution in [3.05, 3.63) is 0 Å². The van der Waals surface area contributed by atoms with Crippen LogP contribution in [0.2, 0.25) is 0 Å². The first-order valence-corrected chi connectivity index (χ1v) is 6.26. The van der Waals surface area contributed by atoms with E-state index in [0.717, 1.165) is 25.7 Å². The van der Waals surface area contributed by atoms with E-state index in [4.69, 9.17) is 14.2 Å². The molecule has 15 heavy (non-hydrogen) atoms. The highest BCUT2D eigenvalue weighted by Crippen LogP contribution is 2.32. The zero-order valence-electron chi connectivity index (χ0n) is 9.19. The van der Waals surface area contributed by atoms with Gasteiger partial charge in [-0.15, -0.1) is 0 Å². The van der Waals surface area contributed by atoms with E-state index < -0.39 is 0 Å². The largest absolute Gasteiger partial charge is 0.375 e. The summed E-state index contributed by atoms with van der Waals surface area (Å²) in [7, 11) is 0. The van der Waals surface area contributed by atoms with Crippen molar-refractivity contribution >= 4 is 0 Å². The van der Waals surface area contributed by atoms with Crippen LogP contribution in [0.4, 0.5) is 0 Å². The summed E-state index contributed by atoms with van der Waals surface area (Å²) in [5.74, 6) is 0.859. The third-order valence-electron chi connectivity index (χ3n) is 3.53. The molecular formula is C12H20O3. The van der Waals surface area contributed by atoms with Crippen molar-refractivity contribution in [2.24, 2.45) is 5.92 Å². The highest BCUT2D eigenvalue weighted by atomic mass is 16.6. The van der Waals surface area contributed by atoms with Crippen molar-refractivity contribution in [1.29, 1.82) is 0 Å². The molecule has 3 heteroatoms. The van der Waals surface area contributed by atoms with Gasteiger partial charge >= 0.3 is 0 Å². The summed E-state index contributed by atoms with van der Waals surface area (Å²) in [6, 6.07) is 0. The van der Waals surface area contributed by atoms with Crippen LogP contribution in [0.1, 0.15) is 32.1 Å². The Hall–Kier alpha value is -0.120. The zero-order chi connectivity index (χ0) is 10.1. The van der Waals surface area contributed by atoms with Crippen molar-refractivity contribution in [2.45, 2.75) is 50.4 Å². The molecule has 0 aromatic rings. The summed E-state index contributed by atoms with van der Waals surface area (Å²) in [6.45, 7) is 2.62. The minimum atomic E-state index is 0.341. The first kappa shape index (κ1) is 10.1. The SMILES string of the molecule is C1CC(OCC2CC2)C(OCC2CO2)C1. The molecular weight excluding hydrogens is 192 g/mol. The van der Waals surface area contributed by atoms with Gasteiger partial charge in [0, 0.05) is 6.61 Å². The van der Waals surface area contributed by atoms with E-state index in [9.17, 15) is 0 Å². The second-order valence-electron chi connectivity index (χ2n) is 5.07. The van der Waals surface area contributed by atoms with Gasteiger partial charge in [-0.3, -0.25) is 0 Å². The Morgan fingerprint density at radius 2 is 1.60 bits per heavy atom. The number of rotatable bonds is 6. The Morgan fingerprint density at radius 1 is 0.933 bits per heavy atom. The van der Waals surface area contributed by atoms with Gasteiger partial charge in [-0.05, 0) is 38.0 Å². The molecule has 3 unspecified atom stereocenters. The zero-order valence-corrected chi connectivity index (χ0v) is 9.19. The number of epoxide rings is 1. The molecule has 0 aromatic carbocycles. The van der Waals surface area contributed by atoms with E-state index in [1.54, 1.807) is 0 Å². The molecule has 0 spiro atoms. The van der Waals surface area contributed by atoms with E-state index >= 15 is 0 Å². The van der Waals surface area contributed by atoms with Crippen LogP contribution in [0.15, 0.2) is 0 Å². The van der Waals surface area contributed by atoms with Gasteiger partial charge in [0.15, 0.2) is 0 Å². The Morgan fingerprint density at radius 3 is 2.20 bits per heavy atom. The molecule has 3 nitrogen and oxygen atoms in total. The molecule has 0 bridgehead atoms. The maximum atomic E-state index is 5.93. The lowest BCUT2D eigenvalue weighted by molar-refractivity contribution is -0.0619. The van der Waals surface area contributed by atoms with Gasteiger partial charge in [0.2, 0.25) is 0 Å². The van der Waals surface area contributed by atoms with E-state index in [1.165, 1.54) is 32.1 Å². The summed E-state index contributed by atoms with van der Waals surface area (Å²) in [5, 5.41) is 0. The van der Waals surface area contributed by atoms with Crippen LogP contribution in [0.25, 0.3) is 0 Å². The van der Waals surface area contributed by atoms with Crippen LogP contribution in [0, 0.1) is 5.92 Å². The topological polar surface area (TPSA) is 31.0 Å². The molecule has 0 N–H and O–H groups in total. The Kier molecular flexibility index (Phi) is 2.95. The van der Waals surface area contributed by atoms with Crippen LogP contribution in [0.5, 0.6) is 0 Å². The molecule has 0 aromatic heterocycles. The molecule has 2 saturated carbocycles. The van der Waals surface area contributed by atoms with Crippen LogP contribution in [-0.4, -0.2) is 38.1 Å². The summed E-state index contributed by atoms with van der Waals surface area (Å²) < 4.78 is 16.9. The van der Waals surface area contributed by atoms with Crippen molar-refractivity contribution < 1.29 is 14.2 Å². The Bertz CT molecular complexity index is 189. The second kappa shape index (κ2) is 4.40. The molecule has 1 saturated heterocycles. The van der Waals surface area contributed by atoms with Crippen molar-refractivity contribution in [2.75, 3.05) is 19.8 Å². The first-order valence-electron chi connectivity index (χ1n) is 6.26. The highest BCUT2D eigenvalue weighted by molar-refractivity contribution is 4.82. The third-order valence-corrected chi connectivity index (χ3v) is 3.53. The molecule has 0 radical (unpaired) electrons. The summed E-state index contributed by atoms with van der Waals surface area (Å²) >= 11 is 0. The standard InChI is InChI=1S/C12H20O3/c1-2-11(14-6-9-4-5-9)12(3-1)15-8-10-7-13-10/h9-12H,1-8H2. The van der Waals surface area contributed by atoms with Gasteiger partial charge in [0.1, 0.15) is 6.10 Å². The molecule has 0 amide bonds. The minimum Gasteiger partial charge on any atom is -0.375 e. The van der Waals surface area contributed by atoms with Crippen molar-refractivity contribution in [3.8, 4) is 0 Å². The monoisotopic (exact) mass is 212 g/mol. The van der Waals surface area contributed by atoms with E-state index in [0.29, 0.717) is 18.3 Å². The van der Waals surface area contributed by atoms with Crippen molar-refractivity contribution in [1.82, 2.24) is 0 Å². The van der Waals surface area contributed by atoms with Crippen molar-refractivity contribution in [3.63, 3.8) is 0 Å². The smallest absolute Gasteiger partial charge is 0.104 e. The third kappa shape index (κ3) is 2.92. The van der Waals surface area contributed by atoms with Crippen LogP contribution >= 0.6 is 0 Å². The summed E-state index contributed by atoms with van der Waals surface area (Å²) in [4.78, 5) is 0. The fourth-order valence-corrected chi connectivity index (χ4v) is 2.21.